The summed E-state index contributed by atoms with van der Waals surface area (Å²) in [6.45, 7) is 4.42. The van der Waals surface area contributed by atoms with E-state index >= 15 is 0 Å². The maximum Gasteiger partial charge on any atom is 0.215 e. The molecule has 176 valence electrons. The Morgan fingerprint density at radius 1 is 1.16 bits per heavy atom. The van der Waals surface area contributed by atoms with Crippen LogP contribution in [0.4, 0.5) is 10.2 Å². The topological polar surface area (TPSA) is 89.9 Å². The molecule has 3 rings (SSSR count). The number of hydrogen-bond acceptors (Lipinski definition) is 5. The van der Waals surface area contributed by atoms with Gasteiger partial charge in [0.15, 0.2) is 5.96 Å². The van der Waals surface area contributed by atoms with Gasteiger partial charge in [0.2, 0.25) is 10.0 Å². The molecule has 1 aromatic heterocycles. The lowest BCUT2D eigenvalue weighted by Crippen LogP contribution is -2.50. The van der Waals surface area contributed by atoms with Crippen LogP contribution in [0.25, 0.3) is 0 Å². The first-order chi connectivity index (χ1) is 14.9. The van der Waals surface area contributed by atoms with Gasteiger partial charge in [0, 0.05) is 52.5 Å². The Labute approximate surface area is 206 Å². The number of aromatic nitrogens is 1. The van der Waals surface area contributed by atoms with Crippen LogP contribution in [0.2, 0.25) is 0 Å². The fraction of sp³-hybridized carbons (Fsp3) is 0.429. The summed E-state index contributed by atoms with van der Waals surface area (Å²) in [4.78, 5) is 10.5. The van der Waals surface area contributed by atoms with E-state index in [0.717, 1.165) is 11.4 Å². The minimum absolute atomic E-state index is 0. The van der Waals surface area contributed by atoms with Gasteiger partial charge in [-0.2, -0.15) is 4.31 Å². The highest BCUT2D eigenvalue weighted by atomic mass is 127. The summed E-state index contributed by atoms with van der Waals surface area (Å²) in [5, 5.41) is 6.09. The number of aliphatic imine (C=N–C) groups is 1. The van der Waals surface area contributed by atoms with E-state index in [9.17, 15) is 12.8 Å². The van der Waals surface area contributed by atoms with Crippen LogP contribution in [0.3, 0.4) is 0 Å². The number of nitrogens with one attached hydrogen (secondary N) is 2. The third-order valence-corrected chi connectivity index (χ3v) is 7.05. The van der Waals surface area contributed by atoms with Crippen molar-refractivity contribution >= 4 is 45.8 Å². The third-order valence-electron chi connectivity index (χ3n) is 5.18. The standard InChI is InChI=1S/C21H29FN6O2S.HI/c1-17-6-7-18(15-19(17)22)16-26-21(23-2)25-9-14-31(29,30)28-12-10-27(11-13-28)20-5-3-4-8-24-20;/h3-8,15H,9-14,16H2,1-2H3,(H2,23,25,26);1H. The largest absolute Gasteiger partial charge is 0.355 e. The molecule has 0 unspecified atom stereocenters. The third kappa shape index (κ3) is 7.27. The number of nitrogens with zero attached hydrogens (tertiary/aromatic N) is 4. The Bertz CT molecular complexity index is 999. The van der Waals surface area contributed by atoms with Crippen molar-refractivity contribution in [1.82, 2.24) is 19.9 Å². The monoisotopic (exact) mass is 576 g/mol. The van der Waals surface area contributed by atoms with Gasteiger partial charge in [-0.1, -0.05) is 18.2 Å². The summed E-state index contributed by atoms with van der Waals surface area (Å²) in [7, 11) is -1.77. The van der Waals surface area contributed by atoms with Gasteiger partial charge in [-0.3, -0.25) is 4.99 Å². The molecule has 11 heteroatoms. The maximum absolute atomic E-state index is 13.7. The molecule has 0 spiro atoms. The zero-order valence-corrected chi connectivity index (χ0v) is 21.4. The highest BCUT2D eigenvalue weighted by molar-refractivity contribution is 14.0. The van der Waals surface area contributed by atoms with E-state index in [0.29, 0.717) is 44.2 Å². The molecular weight excluding hydrogens is 546 g/mol. The number of sulfonamides is 1. The maximum atomic E-state index is 13.7. The fourth-order valence-corrected chi connectivity index (χ4v) is 4.65. The van der Waals surface area contributed by atoms with E-state index in [1.54, 1.807) is 26.2 Å². The number of hydrogen-bond donors (Lipinski definition) is 2. The molecule has 32 heavy (non-hydrogen) atoms. The zero-order valence-electron chi connectivity index (χ0n) is 18.3. The summed E-state index contributed by atoms with van der Waals surface area (Å²) in [6, 6.07) is 10.8. The first kappa shape index (κ1) is 26.3. The summed E-state index contributed by atoms with van der Waals surface area (Å²) in [6.07, 6.45) is 1.74. The molecule has 1 aromatic carbocycles. The number of aryl methyl sites for hydroxylation is 1. The second kappa shape index (κ2) is 12.3. The van der Waals surface area contributed by atoms with Gasteiger partial charge in [0.05, 0.1) is 5.75 Å². The zero-order chi connectivity index (χ0) is 22.3. The number of rotatable bonds is 7. The molecule has 0 aliphatic carbocycles. The molecule has 2 N–H and O–H groups in total. The Kier molecular flexibility index (Phi) is 10.1. The molecule has 1 saturated heterocycles. The smallest absolute Gasteiger partial charge is 0.215 e. The van der Waals surface area contributed by atoms with Crippen molar-refractivity contribution in [3.63, 3.8) is 0 Å². The molecule has 0 atom stereocenters. The van der Waals surface area contributed by atoms with Gasteiger partial charge >= 0.3 is 0 Å². The van der Waals surface area contributed by atoms with Crippen LogP contribution in [0.1, 0.15) is 11.1 Å². The van der Waals surface area contributed by atoms with Crippen LogP contribution in [0, 0.1) is 12.7 Å². The van der Waals surface area contributed by atoms with Crippen LogP contribution in [0.15, 0.2) is 47.6 Å². The molecule has 0 radical (unpaired) electrons. The van der Waals surface area contributed by atoms with Crippen LogP contribution in [-0.4, -0.2) is 69.2 Å². The average molecular weight is 576 g/mol. The molecule has 2 aromatic rings. The number of pyridine rings is 1. The molecule has 0 saturated carbocycles. The Hall–Kier alpha value is -1.99. The van der Waals surface area contributed by atoms with Crippen molar-refractivity contribution in [2.24, 2.45) is 4.99 Å². The number of benzene rings is 1. The molecule has 0 amide bonds. The van der Waals surface area contributed by atoms with Crippen LogP contribution < -0.4 is 15.5 Å². The lowest BCUT2D eigenvalue weighted by atomic mass is 10.1. The van der Waals surface area contributed by atoms with Gasteiger partial charge < -0.3 is 15.5 Å². The van der Waals surface area contributed by atoms with E-state index in [2.05, 4.69) is 25.5 Å². The van der Waals surface area contributed by atoms with Crippen molar-refractivity contribution in [3.8, 4) is 0 Å². The van der Waals surface area contributed by atoms with Crippen molar-refractivity contribution in [2.75, 3.05) is 50.4 Å². The lowest BCUT2D eigenvalue weighted by Gasteiger charge is -2.34. The first-order valence-electron chi connectivity index (χ1n) is 10.2. The number of halogens is 2. The molecule has 1 aliphatic heterocycles. The molecule has 1 aliphatic rings. The highest BCUT2D eigenvalue weighted by Gasteiger charge is 2.27. The van der Waals surface area contributed by atoms with Crippen molar-refractivity contribution in [2.45, 2.75) is 13.5 Å². The second-order valence-corrected chi connectivity index (χ2v) is 9.41. The van der Waals surface area contributed by atoms with Crippen molar-refractivity contribution in [3.05, 3.63) is 59.5 Å². The Balaban J connectivity index is 0.00000363. The summed E-state index contributed by atoms with van der Waals surface area (Å²) < 4.78 is 40.6. The second-order valence-electron chi connectivity index (χ2n) is 7.33. The number of piperazine rings is 1. The Morgan fingerprint density at radius 3 is 2.53 bits per heavy atom. The van der Waals surface area contributed by atoms with Gasteiger partial charge in [-0.25, -0.2) is 17.8 Å². The minimum atomic E-state index is -3.38. The summed E-state index contributed by atoms with van der Waals surface area (Å²) in [5.41, 5.74) is 1.38. The summed E-state index contributed by atoms with van der Waals surface area (Å²) in [5.74, 6) is 1.05. The average Bonchev–Trinajstić information content (AvgIpc) is 2.79. The van der Waals surface area contributed by atoms with E-state index < -0.39 is 10.0 Å². The van der Waals surface area contributed by atoms with Gasteiger partial charge in [-0.05, 0) is 36.2 Å². The Morgan fingerprint density at radius 2 is 1.91 bits per heavy atom. The van der Waals surface area contributed by atoms with Crippen LogP contribution in [-0.2, 0) is 16.6 Å². The molecule has 8 nitrogen and oxygen atoms in total. The van der Waals surface area contributed by atoms with E-state index in [1.165, 1.54) is 10.4 Å². The molecule has 1 fully saturated rings. The SMILES string of the molecule is CN=C(NCCS(=O)(=O)N1CCN(c2ccccn2)CC1)NCc1ccc(C)c(F)c1.I. The first-order valence-corrected chi connectivity index (χ1v) is 11.8. The molecule has 0 bridgehead atoms. The summed E-state index contributed by atoms with van der Waals surface area (Å²) >= 11 is 0. The van der Waals surface area contributed by atoms with Crippen molar-refractivity contribution in [1.29, 1.82) is 0 Å². The van der Waals surface area contributed by atoms with Gasteiger partial charge in [0.1, 0.15) is 11.6 Å². The predicted octanol–water partition coefficient (Wildman–Crippen LogP) is 1.96. The van der Waals surface area contributed by atoms with Gasteiger partial charge in [0.25, 0.3) is 0 Å². The predicted molar refractivity (Wildman–Crippen MR) is 137 cm³/mol. The molecular formula is C21H30FIN6O2S. The van der Waals surface area contributed by atoms with Crippen molar-refractivity contribution < 1.29 is 12.8 Å². The minimum Gasteiger partial charge on any atom is -0.355 e. The van der Waals surface area contributed by atoms with Gasteiger partial charge in [-0.15, -0.1) is 24.0 Å². The van der Waals surface area contributed by atoms with E-state index in [-0.39, 0.29) is 42.1 Å². The number of guanidine groups is 1. The quantitative estimate of drug-likeness (QED) is 0.298. The van der Waals surface area contributed by atoms with Crippen LogP contribution in [0.5, 0.6) is 0 Å². The van der Waals surface area contributed by atoms with E-state index in [1.807, 2.05) is 24.3 Å². The lowest BCUT2D eigenvalue weighted by molar-refractivity contribution is 0.384. The molecule has 2 heterocycles. The highest BCUT2D eigenvalue weighted by Crippen LogP contribution is 2.14. The number of anilines is 1. The fourth-order valence-electron chi connectivity index (χ4n) is 3.32. The van der Waals surface area contributed by atoms with Crippen LogP contribution >= 0.6 is 24.0 Å². The van der Waals surface area contributed by atoms with E-state index in [4.69, 9.17) is 0 Å². The normalized spacial score (nSPS) is 15.2.